The van der Waals surface area contributed by atoms with Gasteiger partial charge in [-0.15, -0.1) is 0 Å². The van der Waals surface area contributed by atoms with Gasteiger partial charge in [0.15, 0.2) is 0 Å². The van der Waals surface area contributed by atoms with Gasteiger partial charge in [-0.1, -0.05) is 67.1 Å². The van der Waals surface area contributed by atoms with E-state index in [-0.39, 0.29) is 11.9 Å². The Morgan fingerprint density at radius 2 is 1.65 bits per heavy atom. The van der Waals surface area contributed by atoms with Crippen molar-refractivity contribution in [3.63, 3.8) is 0 Å². The van der Waals surface area contributed by atoms with Gasteiger partial charge in [0.25, 0.3) is 0 Å². The lowest BCUT2D eigenvalue weighted by molar-refractivity contribution is -0.126. The van der Waals surface area contributed by atoms with Gasteiger partial charge in [0, 0.05) is 12.0 Å². The third-order valence-electron chi connectivity index (χ3n) is 4.91. The number of amides is 1. The van der Waals surface area contributed by atoms with Gasteiger partial charge < -0.3 is 11.1 Å². The Hall–Kier alpha value is -2.13. The summed E-state index contributed by atoms with van der Waals surface area (Å²) in [5.41, 5.74) is 7.46. The Balaban J connectivity index is 1.74. The predicted octanol–water partition coefficient (Wildman–Crippen LogP) is 3.31. The maximum absolute atomic E-state index is 12.8. The fourth-order valence-corrected chi connectivity index (χ4v) is 3.47. The summed E-state index contributed by atoms with van der Waals surface area (Å²) in [6, 6.07) is 20.2. The quantitative estimate of drug-likeness (QED) is 0.910. The molecular weight excluding hydrogens is 284 g/mol. The molecule has 0 aromatic heterocycles. The molecule has 3 nitrogen and oxygen atoms in total. The van der Waals surface area contributed by atoms with Crippen LogP contribution in [0, 0.1) is 0 Å². The summed E-state index contributed by atoms with van der Waals surface area (Å²) in [7, 11) is 0. The molecule has 0 saturated heterocycles. The van der Waals surface area contributed by atoms with E-state index in [9.17, 15) is 4.79 Å². The zero-order valence-electron chi connectivity index (χ0n) is 13.5. The summed E-state index contributed by atoms with van der Waals surface area (Å²) in [4.78, 5) is 12.8. The van der Waals surface area contributed by atoms with Crippen LogP contribution in [0.4, 0.5) is 0 Å². The zero-order chi connectivity index (χ0) is 16.3. The van der Waals surface area contributed by atoms with Crippen LogP contribution in [0.15, 0.2) is 60.7 Å². The Labute approximate surface area is 137 Å². The average Bonchev–Trinajstić information content (AvgIpc) is 3.04. The SMILES string of the molecule is CC(N)(C(=O)NC1CCCC1c1ccccc1)c1ccccc1. The summed E-state index contributed by atoms with van der Waals surface area (Å²) in [5.74, 6) is 0.281. The first kappa shape index (κ1) is 15.8. The molecule has 0 radical (unpaired) electrons. The summed E-state index contributed by atoms with van der Waals surface area (Å²) in [6.45, 7) is 1.78. The van der Waals surface area contributed by atoms with E-state index in [1.54, 1.807) is 6.92 Å². The first-order valence-corrected chi connectivity index (χ1v) is 8.29. The second-order valence-electron chi connectivity index (χ2n) is 6.60. The van der Waals surface area contributed by atoms with Gasteiger partial charge in [-0.05, 0) is 30.9 Å². The van der Waals surface area contributed by atoms with E-state index in [2.05, 4.69) is 29.6 Å². The molecule has 23 heavy (non-hydrogen) atoms. The van der Waals surface area contributed by atoms with E-state index >= 15 is 0 Å². The number of carbonyl (C=O) groups is 1. The first-order valence-electron chi connectivity index (χ1n) is 8.29. The maximum atomic E-state index is 12.8. The molecule has 1 aliphatic rings. The minimum atomic E-state index is -1.01. The van der Waals surface area contributed by atoms with Crippen molar-refractivity contribution in [1.29, 1.82) is 0 Å². The number of carbonyl (C=O) groups excluding carboxylic acids is 1. The zero-order valence-corrected chi connectivity index (χ0v) is 13.5. The fraction of sp³-hybridized carbons (Fsp3) is 0.350. The van der Waals surface area contributed by atoms with E-state index in [1.165, 1.54) is 5.56 Å². The molecule has 3 atom stereocenters. The monoisotopic (exact) mass is 308 g/mol. The van der Waals surface area contributed by atoms with E-state index in [1.807, 2.05) is 36.4 Å². The van der Waals surface area contributed by atoms with Gasteiger partial charge in [0.05, 0.1) is 0 Å². The standard InChI is InChI=1S/C20H24N2O/c1-20(21,16-11-6-3-7-12-16)19(23)22-18-14-8-13-17(18)15-9-4-2-5-10-15/h2-7,9-12,17-18H,8,13-14,21H2,1H3,(H,22,23). The van der Waals surface area contributed by atoms with Crippen molar-refractivity contribution >= 4 is 5.91 Å². The molecule has 3 unspecified atom stereocenters. The number of hydrogen-bond acceptors (Lipinski definition) is 2. The number of rotatable bonds is 4. The van der Waals surface area contributed by atoms with Crippen LogP contribution in [0.3, 0.4) is 0 Å². The van der Waals surface area contributed by atoms with Gasteiger partial charge in [0.1, 0.15) is 5.54 Å². The van der Waals surface area contributed by atoms with Crippen LogP contribution >= 0.6 is 0 Å². The Morgan fingerprint density at radius 3 is 2.30 bits per heavy atom. The largest absolute Gasteiger partial charge is 0.351 e. The highest BCUT2D eigenvalue weighted by molar-refractivity contribution is 5.87. The van der Waals surface area contributed by atoms with Crippen LogP contribution in [-0.4, -0.2) is 11.9 Å². The lowest BCUT2D eigenvalue weighted by Crippen LogP contribution is -2.52. The molecule has 0 bridgehead atoms. The number of hydrogen-bond donors (Lipinski definition) is 2. The molecule has 2 aromatic carbocycles. The lowest BCUT2D eigenvalue weighted by Gasteiger charge is -2.29. The summed E-state index contributed by atoms with van der Waals surface area (Å²) < 4.78 is 0. The molecule has 1 fully saturated rings. The smallest absolute Gasteiger partial charge is 0.244 e. The summed E-state index contributed by atoms with van der Waals surface area (Å²) >= 11 is 0. The summed E-state index contributed by atoms with van der Waals surface area (Å²) in [5, 5.41) is 3.20. The van der Waals surface area contributed by atoms with Gasteiger partial charge in [-0.25, -0.2) is 0 Å². The second-order valence-corrected chi connectivity index (χ2v) is 6.60. The van der Waals surface area contributed by atoms with Crippen LogP contribution in [0.25, 0.3) is 0 Å². The average molecular weight is 308 g/mol. The highest BCUT2D eigenvalue weighted by atomic mass is 16.2. The topological polar surface area (TPSA) is 55.1 Å². The normalized spacial score (nSPS) is 23.2. The van der Waals surface area contributed by atoms with Gasteiger partial charge >= 0.3 is 0 Å². The molecule has 1 amide bonds. The van der Waals surface area contributed by atoms with Gasteiger partial charge in [-0.2, -0.15) is 0 Å². The molecule has 1 saturated carbocycles. The van der Waals surface area contributed by atoms with Crippen molar-refractivity contribution < 1.29 is 4.79 Å². The fourth-order valence-electron chi connectivity index (χ4n) is 3.47. The molecule has 1 aliphatic carbocycles. The van der Waals surface area contributed by atoms with Crippen molar-refractivity contribution in [3.05, 3.63) is 71.8 Å². The molecule has 0 spiro atoms. The Morgan fingerprint density at radius 1 is 1.04 bits per heavy atom. The third kappa shape index (κ3) is 3.30. The molecular formula is C20H24N2O. The van der Waals surface area contributed by atoms with Crippen molar-refractivity contribution in [2.75, 3.05) is 0 Å². The first-order chi connectivity index (χ1) is 11.1. The number of benzene rings is 2. The minimum Gasteiger partial charge on any atom is -0.351 e. The number of nitrogens with one attached hydrogen (secondary N) is 1. The minimum absolute atomic E-state index is 0.100. The van der Waals surface area contributed by atoms with Crippen LogP contribution in [0.2, 0.25) is 0 Å². The second kappa shape index (κ2) is 6.55. The van der Waals surface area contributed by atoms with Crippen molar-refractivity contribution in [3.8, 4) is 0 Å². The molecule has 3 heteroatoms. The highest BCUT2D eigenvalue weighted by Crippen LogP contribution is 2.35. The third-order valence-corrected chi connectivity index (χ3v) is 4.91. The molecule has 3 rings (SSSR count). The van der Waals surface area contributed by atoms with Crippen LogP contribution in [-0.2, 0) is 10.3 Å². The van der Waals surface area contributed by atoms with Crippen molar-refractivity contribution in [2.24, 2.45) is 5.73 Å². The lowest BCUT2D eigenvalue weighted by atomic mass is 9.90. The van der Waals surface area contributed by atoms with E-state index in [4.69, 9.17) is 5.73 Å². The van der Waals surface area contributed by atoms with Crippen LogP contribution in [0.1, 0.15) is 43.2 Å². The number of nitrogens with two attached hydrogens (primary N) is 1. The molecule has 120 valence electrons. The van der Waals surface area contributed by atoms with Crippen molar-refractivity contribution in [2.45, 2.75) is 43.7 Å². The van der Waals surface area contributed by atoms with Crippen molar-refractivity contribution in [1.82, 2.24) is 5.32 Å². The molecule has 2 aromatic rings. The van der Waals surface area contributed by atoms with Gasteiger partial charge in [-0.3, -0.25) is 4.79 Å². The van der Waals surface area contributed by atoms with E-state index in [0.717, 1.165) is 24.8 Å². The van der Waals surface area contributed by atoms with Crippen LogP contribution in [0.5, 0.6) is 0 Å². The molecule has 0 heterocycles. The predicted molar refractivity (Wildman–Crippen MR) is 92.9 cm³/mol. The Kier molecular flexibility index (Phi) is 4.49. The van der Waals surface area contributed by atoms with Gasteiger partial charge in [0.2, 0.25) is 5.91 Å². The highest BCUT2D eigenvalue weighted by Gasteiger charge is 2.35. The molecule has 3 N–H and O–H groups in total. The Bertz CT molecular complexity index is 652. The summed E-state index contributed by atoms with van der Waals surface area (Å²) in [6.07, 6.45) is 3.26. The maximum Gasteiger partial charge on any atom is 0.244 e. The van der Waals surface area contributed by atoms with E-state index < -0.39 is 5.54 Å². The van der Waals surface area contributed by atoms with E-state index in [0.29, 0.717) is 5.92 Å². The molecule has 0 aliphatic heterocycles. The van der Waals surface area contributed by atoms with Crippen LogP contribution < -0.4 is 11.1 Å².